The van der Waals surface area contributed by atoms with Crippen LogP contribution < -0.4 is 25.6 Å². The van der Waals surface area contributed by atoms with Crippen LogP contribution in [-0.4, -0.2) is 57.0 Å². The van der Waals surface area contributed by atoms with Crippen molar-refractivity contribution in [2.45, 2.75) is 12.1 Å². The Balaban J connectivity index is 1.80. The fraction of sp³-hybridized carbons (Fsp3) is 0.467. The van der Waals surface area contributed by atoms with E-state index in [-0.39, 0.29) is 0 Å². The van der Waals surface area contributed by atoms with Crippen LogP contribution in [0.5, 0.6) is 5.75 Å². The molecule has 1 aromatic carbocycles. The van der Waals surface area contributed by atoms with E-state index in [9.17, 15) is 4.79 Å². The van der Waals surface area contributed by atoms with E-state index in [1.807, 2.05) is 25.2 Å². The Hall–Kier alpha value is -2.06. The second-order valence-corrected chi connectivity index (χ2v) is 6.03. The molecule has 0 aliphatic carbocycles. The van der Waals surface area contributed by atoms with Gasteiger partial charge in [-0.05, 0) is 12.1 Å². The molecule has 1 saturated heterocycles. The van der Waals surface area contributed by atoms with E-state index < -0.39 is 18.2 Å². The third kappa shape index (κ3) is 2.91. The first-order chi connectivity index (χ1) is 11.0. The molecule has 2 heterocycles. The normalized spacial score (nSPS) is 21.3. The van der Waals surface area contributed by atoms with Gasteiger partial charge in [0.1, 0.15) is 18.5 Å². The lowest BCUT2D eigenvalue weighted by Crippen LogP contribution is -2.47. The van der Waals surface area contributed by atoms with Crippen molar-refractivity contribution in [3.05, 3.63) is 18.2 Å². The van der Waals surface area contributed by atoms with Gasteiger partial charge in [-0.2, -0.15) is 0 Å². The van der Waals surface area contributed by atoms with Crippen LogP contribution in [0.15, 0.2) is 18.2 Å². The lowest BCUT2D eigenvalue weighted by atomic mass is 10.1. The molecule has 2 aliphatic rings. The third-order valence-electron chi connectivity index (χ3n) is 4.14. The molecule has 0 saturated carbocycles. The molecule has 0 spiro atoms. The summed E-state index contributed by atoms with van der Waals surface area (Å²) in [5, 5.41) is 2.83. The highest BCUT2D eigenvalue weighted by molar-refractivity contribution is 7.80. The SMILES string of the molecule is CNC(=S)C(N)[C@@H]1CN(c2ccc3c(c2)OCCN3C)C(=O)O1. The molecule has 0 aromatic heterocycles. The van der Waals surface area contributed by atoms with E-state index in [0.29, 0.717) is 18.1 Å². The molecule has 1 fully saturated rings. The van der Waals surface area contributed by atoms with Gasteiger partial charge < -0.3 is 25.4 Å². The molecule has 1 amide bonds. The number of carbonyl (C=O) groups is 1. The summed E-state index contributed by atoms with van der Waals surface area (Å²) in [6, 6.07) is 5.17. The number of nitrogens with zero attached hydrogens (tertiary/aromatic N) is 2. The average Bonchev–Trinajstić information content (AvgIpc) is 2.95. The first kappa shape index (κ1) is 15.8. The molecule has 3 N–H and O–H groups in total. The van der Waals surface area contributed by atoms with E-state index in [1.54, 1.807) is 11.9 Å². The van der Waals surface area contributed by atoms with Crippen LogP contribution in [0.25, 0.3) is 0 Å². The maximum atomic E-state index is 12.2. The fourth-order valence-corrected chi connectivity index (χ4v) is 2.88. The molecule has 0 radical (unpaired) electrons. The number of carbonyl (C=O) groups excluding carboxylic acids is 1. The first-order valence-corrected chi connectivity index (χ1v) is 7.85. The van der Waals surface area contributed by atoms with Gasteiger partial charge >= 0.3 is 6.09 Å². The minimum atomic E-state index is -0.524. The predicted octanol–water partition coefficient (Wildman–Crippen LogP) is 0.715. The lowest BCUT2D eigenvalue weighted by molar-refractivity contribution is 0.137. The van der Waals surface area contributed by atoms with Crippen LogP contribution in [0.2, 0.25) is 0 Å². The average molecular weight is 336 g/mol. The van der Waals surface area contributed by atoms with Crippen molar-refractivity contribution in [1.29, 1.82) is 0 Å². The number of amides is 1. The number of hydrogen-bond donors (Lipinski definition) is 2. The Morgan fingerprint density at radius 3 is 3.04 bits per heavy atom. The molecule has 1 aromatic rings. The van der Waals surface area contributed by atoms with Gasteiger partial charge in [0.25, 0.3) is 0 Å². The summed E-state index contributed by atoms with van der Waals surface area (Å²) in [6.07, 6.45) is -0.893. The maximum absolute atomic E-state index is 12.2. The summed E-state index contributed by atoms with van der Waals surface area (Å²) in [5.74, 6) is 0.766. The molecule has 1 unspecified atom stereocenters. The Bertz CT molecular complexity index is 639. The van der Waals surface area contributed by atoms with Crippen molar-refractivity contribution >= 4 is 34.7 Å². The van der Waals surface area contributed by atoms with E-state index in [0.717, 1.165) is 23.7 Å². The first-order valence-electron chi connectivity index (χ1n) is 7.44. The number of benzene rings is 1. The summed E-state index contributed by atoms with van der Waals surface area (Å²) >= 11 is 5.13. The highest BCUT2D eigenvalue weighted by Gasteiger charge is 2.37. The summed E-state index contributed by atoms with van der Waals surface area (Å²) in [4.78, 5) is 16.3. The van der Waals surface area contributed by atoms with Gasteiger partial charge in [0, 0.05) is 20.2 Å². The molecular formula is C15H20N4O3S. The molecular weight excluding hydrogens is 316 g/mol. The Morgan fingerprint density at radius 1 is 1.52 bits per heavy atom. The van der Waals surface area contributed by atoms with E-state index in [2.05, 4.69) is 10.2 Å². The Labute approximate surface area is 140 Å². The van der Waals surface area contributed by atoms with Crippen LogP contribution in [0.3, 0.4) is 0 Å². The van der Waals surface area contributed by atoms with E-state index >= 15 is 0 Å². The van der Waals surface area contributed by atoms with Crippen molar-refractivity contribution in [3.63, 3.8) is 0 Å². The van der Waals surface area contributed by atoms with Gasteiger partial charge in [-0.1, -0.05) is 12.2 Å². The summed E-state index contributed by atoms with van der Waals surface area (Å²) in [5.41, 5.74) is 7.77. The van der Waals surface area contributed by atoms with Crippen molar-refractivity contribution in [2.24, 2.45) is 5.73 Å². The molecule has 0 bridgehead atoms. The van der Waals surface area contributed by atoms with Gasteiger partial charge in [-0.15, -0.1) is 0 Å². The van der Waals surface area contributed by atoms with E-state index in [4.69, 9.17) is 27.4 Å². The topological polar surface area (TPSA) is 80.1 Å². The molecule has 3 rings (SSSR count). The number of fused-ring (bicyclic) bond motifs is 1. The zero-order valence-corrected chi connectivity index (χ0v) is 13.9. The second-order valence-electron chi connectivity index (χ2n) is 5.59. The number of rotatable bonds is 3. The predicted molar refractivity (Wildman–Crippen MR) is 92.5 cm³/mol. The van der Waals surface area contributed by atoms with Crippen molar-refractivity contribution in [1.82, 2.24) is 5.32 Å². The minimum Gasteiger partial charge on any atom is -0.489 e. The number of cyclic esters (lactones) is 1. The number of thiocarbonyl (C=S) groups is 1. The van der Waals surface area contributed by atoms with Crippen LogP contribution in [-0.2, 0) is 4.74 Å². The maximum Gasteiger partial charge on any atom is 0.414 e. The largest absolute Gasteiger partial charge is 0.489 e. The fourth-order valence-electron chi connectivity index (χ4n) is 2.73. The van der Waals surface area contributed by atoms with Crippen molar-refractivity contribution in [2.75, 3.05) is 43.6 Å². The van der Waals surface area contributed by atoms with Gasteiger partial charge in [-0.25, -0.2) is 4.79 Å². The number of anilines is 2. The van der Waals surface area contributed by atoms with Crippen LogP contribution >= 0.6 is 12.2 Å². The van der Waals surface area contributed by atoms with Crippen LogP contribution in [0, 0.1) is 0 Å². The number of likely N-dealkylation sites (N-methyl/N-ethyl adjacent to an activating group) is 2. The zero-order valence-electron chi connectivity index (χ0n) is 13.1. The number of ether oxygens (including phenoxy) is 2. The monoisotopic (exact) mass is 336 g/mol. The van der Waals surface area contributed by atoms with Crippen LogP contribution in [0.4, 0.5) is 16.2 Å². The quantitative estimate of drug-likeness (QED) is 0.787. The molecule has 2 aliphatic heterocycles. The van der Waals surface area contributed by atoms with Gasteiger partial charge in [0.15, 0.2) is 0 Å². The highest BCUT2D eigenvalue weighted by Crippen LogP contribution is 2.35. The standard InChI is InChI=1S/C15H20N4O3S/c1-17-14(23)13(16)12-8-19(15(20)22-12)9-3-4-10-11(7-9)21-6-5-18(10)2/h3-4,7,12-13H,5-6,8,16H2,1-2H3,(H,17,23)/t12-,13?/m0/s1. The van der Waals surface area contributed by atoms with Crippen molar-refractivity contribution in [3.8, 4) is 5.75 Å². The molecule has 23 heavy (non-hydrogen) atoms. The molecule has 2 atom stereocenters. The smallest absolute Gasteiger partial charge is 0.414 e. The lowest BCUT2D eigenvalue weighted by Gasteiger charge is -2.28. The van der Waals surface area contributed by atoms with Gasteiger partial charge in [0.05, 0.1) is 35.5 Å². The summed E-state index contributed by atoms with van der Waals surface area (Å²) in [7, 11) is 3.72. The second kappa shape index (κ2) is 6.21. The zero-order chi connectivity index (χ0) is 16.6. The summed E-state index contributed by atoms with van der Waals surface area (Å²) in [6.45, 7) is 1.83. The van der Waals surface area contributed by atoms with Gasteiger partial charge in [0.2, 0.25) is 0 Å². The number of nitrogens with two attached hydrogens (primary N) is 1. The molecule has 7 nitrogen and oxygen atoms in total. The Kier molecular flexibility index (Phi) is 4.27. The summed E-state index contributed by atoms with van der Waals surface area (Å²) < 4.78 is 11.0. The van der Waals surface area contributed by atoms with E-state index in [1.165, 1.54) is 0 Å². The number of hydrogen-bond acceptors (Lipinski definition) is 6. The van der Waals surface area contributed by atoms with Crippen molar-refractivity contribution < 1.29 is 14.3 Å². The third-order valence-corrected chi connectivity index (χ3v) is 4.61. The highest BCUT2D eigenvalue weighted by atomic mass is 32.1. The minimum absolute atomic E-state index is 0.358. The molecule has 8 heteroatoms. The number of nitrogens with one attached hydrogen (secondary N) is 1. The molecule has 124 valence electrons. The van der Waals surface area contributed by atoms with Gasteiger partial charge in [-0.3, -0.25) is 4.90 Å². The van der Waals surface area contributed by atoms with Crippen LogP contribution in [0.1, 0.15) is 0 Å². The Morgan fingerprint density at radius 2 is 2.30 bits per heavy atom.